The third-order valence-electron chi connectivity index (χ3n) is 1.63. The molecule has 0 atom stereocenters. The van der Waals surface area contributed by atoms with Crippen LogP contribution in [-0.2, 0) is 4.79 Å². The molecule has 0 aromatic heterocycles. The maximum absolute atomic E-state index is 10.2. The smallest absolute Gasteiger partial charge is 0.0737 e. The molecule has 2 N–H and O–H groups in total. The van der Waals surface area contributed by atoms with E-state index in [9.17, 15) is 9.90 Å². The number of carboxylic acid groups (broad SMARTS) is 1. The van der Waals surface area contributed by atoms with Crippen molar-refractivity contribution in [3.05, 3.63) is 29.8 Å². The predicted octanol–water partition coefficient (Wildman–Crippen LogP) is -0.575. The maximum atomic E-state index is 10.2. The highest BCUT2D eigenvalue weighted by atomic mass is 16.4. The second-order valence-electron chi connectivity index (χ2n) is 2.84. The molecule has 1 aromatic carbocycles. The van der Waals surface area contributed by atoms with Crippen LogP contribution in [0.5, 0.6) is 0 Å². The summed E-state index contributed by atoms with van der Waals surface area (Å²) in [6.07, 6.45) is 0. The van der Waals surface area contributed by atoms with Crippen LogP contribution < -0.4 is 16.0 Å². The van der Waals surface area contributed by atoms with E-state index in [-0.39, 0.29) is 6.54 Å². The fourth-order valence-electron chi connectivity index (χ4n) is 1.04. The summed E-state index contributed by atoms with van der Waals surface area (Å²) in [7, 11) is 0. The summed E-state index contributed by atoms with van der Waals surface area (Å²) in [4.78, 5) is 10.2. The number of aryl methyl sites for hydroxylation is 1. The zero-order valence-corrected chi connectivity index (χ0v) is 7.36. The van der Waals surface area contributed by atoms with Crippen LogP contribution in [0.15, 0.2) is 24.3 Å². The van der Waals surface area contributed by atoms with Gasteiger partial charge in [-0.1, -0.05) is 12.1 Å². The van der Waals surface area contributed by atoms with Crippen molar-refractivity contribution in [2.24, 2.45) is 5.84 Å². The molecule has 0 fully saturated rings. The van der Waals surface area contributed by atoms with Crippen LogP contribution in [0.25, 0.3) is 0 Å². The number of benzene rings is 1. The van der Waals surface area contributed by atoms with Crippen LogP contribution in [0.4, 0.5) is 5.69 Å². The van der Waals surface area contributed by atoms with Gasteiger partial charge in [-0.05, 0) is 24.6 Å². The molecule has 0 saturated heterocycles. The first kappa shape index (κ1) is 9.54. The zero-order chi connectivity index (χ0) is 9.84. The minimum absolute atomic E-state index is 0.302. The van der Waals surface area contributed by atoms with Gasteiger partial charge in [0.2, 0.25) is 0 Å². The molecule has 13 heavy (non-hydrogen) atoms. The van der Waals surface area contributed by atoms with Crippen molar-refractivity contribution in [2.45, 2.75) is 6.92 Å². The lowest BCUT2D eigenvalue weighted by atomic mass is 10.2. The van der Waals surface area contributed by atoms with Gasteiger partial charge < -0.3 is 14.9 Å². The Morgan fingerprint density at radius 3 is 2.85 bits per heavy atom. The van der Waals surface area contributed by atoms with Crippen molar-refractivity contribution in [1.82, 2.24) is 0 Å². The highest BCUT2D eigenvalue weighted by Crippen LogP contribution is 2.11. The summed E-state index contributed by atoms with van der Waals surface area (Å²) in [5.74, 6) is 4.29. The van der Waals surface area contributed by atoms with E-state index in [0.29, 0.717) is 5.69 Å². The largest absolute Gasteiger partial charge is 0.548 e. The summed E-state index contributed by atoms with van der Waals surface area (Å²) >= 11 is 0. The Morgan fingerprint density at radius 2 is 2.31 bits per heavy atom. The van der Waals surface area contributed by atoms with Crippen LogP contribution in [-0.4, -0.2) is 12.5 Å². The van der Waals surface area contributed by atoms with Gasteiger partial charge in [0.05, 0.1) is 18.2 Å². The number of rotatable bonds is 3. The van der Waals surface area contributed by atoms with Crippen molar-refractivity contribution < 1.29 is 9.90 Å². The van der Waals surface area contributed by atoms with E-state index >= 15 is 0 Å². The fourth-order valence-corrected chi connectivity index (χ4v) is 1.04. The van der Waals surface area contributed by atoms with Crippen LogP contribution >= 0.6 is 0 Å². The normalized spacial score (nSPS) is 9.69. The van der Waals surface area contributed by atoms with Gasteiger partial charge in [-0.25, -0.2) is 5.84 Å². The topological polar surface area (TPSA) is 69.4 Å². The molecule has 4 heteroatoms. The lowest BCUT2D eigenvalue weighted by molar-refractivity contribution is -0.303. The molecule has 0 aliphatic heterocycles. The number of nitrogens with zero attached hydrogens (tertiary/aromatic N) is 1. The molecule has 0 spiro atoms. The summed E-state index contributed by atoms with van der Waals surface area (Å²) in [5, 5.41) is 11.4. The summed E-state index contributed by atoms with van der Waals surface area (Å²) in [5.41, 5.74) is 1.70. The van der Waals surface area contributed by atoms with E-state index < -0.39 is 5.97 Å². The number of hydrazine groups is 1. The van der Waals surface area contributed by atoms with Crippen LogP contribution in [0.2, 0.25) is 0 Å². The van der Waals surface area contributed by atoms with E-state index in [4.69, 9.17) is 5.84 Å². The highest BCUT2D eigenvalue weighted by Gasteiger charge is 2.00. The number of hydrogen-bond donors (Lipinski definition) is 1. The zero-order valence-electron chi connectivity index (χ0n) is 7.36. The average molecular weight is 179 g/mol. The number of carbonyl (C=O) groups excluding carboxylic acids is 1. The Kier molecular flexibility index (Phi) is 2.87. The molecule has 4 nitrogen and oxygen atoms in total. The van der Waals surface area contributed by atoms with Gasteiger partial charge in [0.1, 0.15) is 0 Å². The summed E-state index contributed by atoms with van der Waals surface area (Å²) < 4.78 is 0. The number of aliphatic carboxylic acids is 1. The average Bonchev–Trinajstić information content (AvgIpc) is 2.03. The van der Waals surface area contributed by atoms with Crippen LogP contribution in [0.3, 0.4) is 0 Å². The molecule has 0 aliphatic carbocycles. The Morgan fingerprint density at radius 1 is 1.62 bits per heavy atom. The van der Waals surface area contributed by atoms with Crippen molar-refractivity contribution in [3.63, 3.8) is 0 Å². The molecule has 1 aromatic rings. The van der Waals surface area contributed by atoms with Gasteiger partial charge in [-0.3, -0.25) is 0 Å². The minimum Gasteiger partial charge on any atom is -0.548 e. The first-order chi connectivity index (χ1) is 6.09. The number of nitrogens with two attached hydrogens (primary N) is 1. The van der Waals surface area contributed by atoms with Gasteiger partial charge in [-0.15, -0.1) is 0 Å². The summed E-state index contributed by atoms with van der Waals surface area (Å²) in [6.45, 7) is 1.61. The van der Waals surface area contributed by atoms with Crippen LogP contribution in [0.1, 0.15) is 5.56 Å². The molecule has 1 rings (SSSR count). The number of carboxylic acids is 1. The van der Waals surface area contributed by atoms with Gasteiger partial charge in [-0.2, -0.15) is 0 Å². The van der Waals surface area contributed by atoms with E-state index in [1.54, 1.807) is 6.07 Å². The number of carbonyl (C=O) groups is 1. The maximum Gasteiger partial charge on any atom is 0.0737 e. The van der Waals surface area contributed by atoms with Gasteiger partial charge >= 0.3 is 0 Å². The molecule has 0 bridgehead atoms. The van der Waals surface area contributed by atoms with Gasteiger partial charge in [0.15, 0.2) is 0 Å². The Balaban J connectivity index is 2.76. The SMILES string of the molecule is Cc1cccc(N(N)CC(=O)[O-])c1. The summed E-state index contributed by atoms with van der Waals surface area (Å²) in [6, 6.07) is 7.29. The fraction of sp³-hybridized carbons (Fsp3) is 0.222. The predicted molar refractivity (Wildman–Crippen MR) is 47.7 cm³/mol. The lowest BCUT2D eigenvalue weighted by Gasteiger charge is -2.19. The first-order valence-electron chi connectivity index (χ1n) is 3.88. The monoisotopic (exact) mass is 179 g/mol. The van der Waals surface area contributed by atoms with Gasteiger partial charge in [0, 0.05) is 0 Å². The van der Waals surface area contributed by atoms with E-state index in [0.717, 1.165) is 10.6 Å². The van der Waals surface area contributed by atoms with Crippen LogP contribution in [0, 0.1) is 6.92 Å². The Hall–Kier alpha value is -1.55. The third kappa shape index (κ3) is 2.76. The number of anilines is 1. The second-order valence-corrected chi connectivity index (χ2v) is 2.84. The second kappa shape index (κ2) is 3.91. The highest BCUT2D eigenvalue weighted by molar-refractivity contribution is 5.71. The third-order valence-corrected chi connectivity index (χ3v) is 1.63. The molecule has 0 amide bonds. The minimum atomic E-state index is -1.19. The lowest BCUT2D eigenvalue weighted by Crippen LogP contribution is -2.42. The quantitative estimate of drug-likeness (QED) is 0.498. The van der Waals surface area contributed by atoms with E-state index in [2.05, 4.69) is 0 Å². The van der Waals surface area contributed by atoms with Crippen molar-refractivity contribution >= 4 is 11.7 Å². The molecule has 0 heterocycles. The molecular weight excluding hydrogens is 168 g/mol. The Labute approximate surface area is 76.6 Å². The molecule has 0 saturated carbocycles. The number of hydrogen-bond acceptors (Lipinski definition) is 4. The van der Waals surface area contributed by atoms with Crippen molar-refractivity contribution in [1.29, 1.82) is 0 Å². The van der Waals surface area contributed by atoms with Crippen molar-refractivity contribution in [2.75, 3.05) is 11.6 Å². The van der Waals surface area contributed by atoms with Crippen molar-refractivity contribution in [3.8, 4) is 0 Å². The first-order valence-corrected chi connectivity index (χ1v) is 3.88. The van der Waals surface area contributed by atoms with E-state index in [1.807, 2.05) is 25.1 Å². The standard InChI is InChI=1S/C9H12N2O2/c1-7-3-2-4-8(5-7)11(10)6-9(12)13/h2-5H,6,10H2,1H3,(H,12,13)/p-1. The molecule has 0 radical (unpaired) electrons. The van der Waals surface area contributed by atoms with E-state index in [1.165, 1.54) is 0 Å². The Bertz CT molecular complexity index is 312. The van der Waals surface area contributed by atoms with Gasteiger partial charge in [0.25, 0.3) is 0 Å². The molecule has 0 aliphatic rings. The molecule has 70 valence electrons. The molecular formula is C9H11N2O2-. The molecule has 0 unspecified atom stereocenters.